The van der Waals surface area contributed by atoms with E-state index in [1.807, 2.05) is 0 Å². The Hall–Kier alpha value is -2.36. The first-order chi connectivity index (χ1) is 10.0. The quantitative estimate of drug-likeness (QED) is 0.521. The lowest BCUT2D eigenvalue weighted by Crippen LogP contribution is -2.14. The summed E-state index contributed by atoms with van der Waals surface area (Å²) in [5, 5.41) is 7.80. The van der Waals surface area contributed by atoms with Gasteiger partial charge >= 0.3 is 11.7 Å². The Bertz CT molecular complexity index is 762. The number of hydrogen-bond acceptors (Lipinski definition) is 7. The lowest BCUT2D eigenvalue weighted by Gasteiger charge is -2.02. The Kier molecular flexibility index (Phi) is 4.58. The van der Waals surface area contributed by atoms with Gasteiger partial charge in [0.15, 0.2) is 5.16 Å². The summed E-state index contributed by atoms with van der Waals surface area (Å²) in [7, 11) is 0. The van der Waals surface area contributed by atoms with Crippen molar-refractivity contribution in [2.75, 3.05) is 6.61 Å². The number of nitrogens with zero attached hydrogens (tertiary/aromatic N) is 2. The number of rotatable bonds is 5. The summed E-state index contributed by atoms with van der Waals surface area (Å²) in [6.07, 6.45) is 0. The third-order valence-electron chi connectivity index (χ3n) is 2.48. The Balaban J connectivity index is 2.16. The van der Waals surface area contributed by atoms with Crippen molar-refractivity contribution in [1.82, 2.24) is 25.1 Å². The number of hydrogen-bond donors (Lipinski definition) is 3. The van der Waals surface area contributed by atoms with Crippen LogP contribution in [0.15, 0.2) is 14.7 Å². The van der Waals surface area contributed by atoms with Crippen molar-refractivity contribution in [3.05, 3.63) is 37.9 Å². The Morgan fingerprint density at radius 3 is 2.67 bits per heavy atom. The number of aryl methyl sites for hydroxylation is 1. The number of esters is 1. The van der Waals surface area contributed by atoms with E-state index in [-0.39, 0.29) is 29.3 Å². The number of nitrogens with one attached hydrogen (secondary N) is 3. The molecule has 2 heterocycles. The second-order valence-electron chi connectivity index (χ2n) is 3.99. The first-order valence-corrected chi connectivity index (χ1v) is 7.04. The van der Waals surface area contributed by atoms with E-state index in [9.17, 15) is 14.4 Å². The van der Waals surface area contributed by atoms with Crippen molar-refractivity contribution in [1.29, 1.82) is 0 Å². The molecule has 2 aromatic heterocycles. The first-order valence-electron chi connectivity index (χ1n) is 6.06. The summed E-state index contributed by atoms with van der Waals surface area (Å²) in [4.78, 5) is 41.8. The zero-order chi connectivity index (χ0) is 15.4. The lowest BCUT2D eigenvalue weighted by molar-refractivity contribution is 0.0519. The molecule has 0 spiro atoms. The highest BCUT2D eigenvalue weighted by Gasteiger charge is 2.17. The zero-order valence-electron chi connectivity index (χ0n) is 11.3. The molecule has 3 N–H and O–H groups in total. The van der Waals surface area contributed by atoms with Crippen LogP contribution in [0, 0.1) is 6.92 Å². The Morgan fingerprint density at radius 2 is 2.00 bits per heavy atom. The number of H-pyrrole nitrogens is 3. The topological polar surface area (TPSA) is 134 Å². The van der Waals surface area contributed by atoms with E-state index in [1.165, 1.54) is 0 Å². The van der Waals surface area contributed by atoms with Gasteiger partial charge in [-0.3, -0.25) is 14.8 Å². The van der Waals surface area contributed by atoms with E-state index in [4.69, 9.17) is 4.74 Å². The van der Waals surface area contributed by atoms with Crippen molar-refractivity contribution >= 4 is 17.7 Å². The van der Waals surface area contributed by atoms with Crippen molar-refractivity contribution in [2.24, 2.45) is 0 Å². The number of ether oxygens (including phenoxy) is 1. The molecule has 112 valence electrons. The van der Waals surface area contributed by atoms with Crippen LogP contribution in [0.5, 0.6) is 0 Å². The van der Waals surface area contributed by atoms with E-state index in [0.717, 1.165) is 11.8 Å². The Labute approximate surface area is 122 Å². The second kappa shape index (κ2) is 6.39. The molecule has 0 aliphatic rings. The van der Waals surface area contributed by atoms with Gasteiger partial charge in [0.25, 0.3) is 5.56 Å². The van der Waals surface area contributed by atoms with E-state index in [1.54, 1.807) is 13.8 Å². The molecule has 0 unspecified atom stereocenters. The molecular formula is C11H13N5O4S. The summed E-state index contributed by atoms with van der Waals surface area (Å²) >= 11 is 1.13. The molecule has 0 amide bonds. The minimum Gasteiger partial charge on any atom is -0.461 e. The van der Waals surface area contributed by atoms with E-state index < -0.39 is 11.7 Å². The van der Waals surface area contributed by atoms with Crippen LogP contribution in [-0.4, -0.2) is 37.7 Å². The van der Waals surface area contributed by atoms with Gasteiger partial charge in [0.05, 0.1) is 12.3 Å². The van der Waals surface area contributed by atoms with Crippen LogP contribution in [0.25, 0.3) is 0 Å². The number of carbonyl (C=O) groups is 1. The van der Waals surface area contributed by atoms with Crippen LogP contribution >= 0.6 is 11.8 Å². The van der Waals surface area contributed by atoms with Gasteiger partial charge in [-0.1, -0.05) is 11.8 Å². The normalized spacial score (nSPS) is 10.6. The minimum atomic E-state index is -0.616. The summed E-state index contributed by atoms with van der Waals surface area (Å²) < 4.78 is 4.84. The van der Waals surface area contributed by atoms with Crippen LogP contribution in [0.3, 0.4) is 0 Å². The fraction of sp³-hybridized carbons (Fsp3) is 0.364. The predicted molar refractivity (Wildman–Crippen MR) is 74.3 cm³/mol. The van der Waals surface area contributed by atoms with Gasteiger partial charge in [-0.25, -0.2) is 9.59 Å². The summed E-state index contributed by atoms with van der Waals surface area (Å²) in [5.74, 6) is -0.393. The van der Waals surface area contributed by atoms with Crippen LogP contribution in [-0.2, 0) is 10.5 Å². The molecule has 2 rings (SSSR count). The molecule has 0 saturated carbocycles. The van der Waals surface area contributed by atoms with Gasteiger partial charge in [0.2, 0.25) is 0 Å². The molecule has 0 aliphatic carbocycles. The number of carbonyl (C=O) groups excluding carboxylic acids is 1. The van der Waals surface area contributed by atoms with Crippen molar-refractivity contribution in [3.63, 3.8) is 0 Å². The Morgan fingerprint density at radius 1 is 1.24 bits per heavy atom. The van der Waals surface area contributed by atoms with E-state index in [2.05, 4.69) is 25.1 Å². The van der Waals surface area contributed by atoms with Crippen LogP contribution in [0.1, 0.15) is 28.8 Å². The van der Waals surface area contributed by atoms with Crippen molar-refractivity contribution in [2.45, 2.75) is 24.8 Å². The molecule has 0 saturated heterocycles. The first kappa shape index (κ1) is 15.0. The van der Waals surface area contributed by atoms with Gasteiger partial charge in [0, 0.05) is 5.75 Å². The molecule has 9 nitrogen and oxygen atoms in total. The predicted octanol–water partition coefficient (Wildman–Crippen LogP) is -0.0413. The standard InChI is InChI=1S/C11H13N5O4S/c1-3-20-9(18)7-6(12-10(19)13-7)4-21-11-14-8(17)5(2)15-16-11/h3-4H2,1-2H3,(H2,12,13,19)(H,14,16,17). The fourth-order valence-corrected chi connectivity index (χ4v) is 2.25. The van der Waals surface area contributed by atoms with Gasteiger partial charge in [-0.05, 0) is 13.8 Å². The third-order valence-corrected chi connectivity index (χ3v) is 3.37. The van der Waals surface area contributed by atoms with Gasteiger partial charge < -0.3 is 9.72 Å². The zero-order valence-corrected chi connectivity index (χ0v) is 12.2. The summed E-state index contributed by atoms with van der Waals surface area (Å²) in [6.45, 7) is 3.42. The molecule has 0 atom stereocenters. The molecule has 0 aromatic carbocycles. The molecule has 2 aromatic rings. The molecule has 21 heavy (non-hydrogen) atoms. The molecule has 0 bridgehead atoms. The number of thioether (sulfide) groups is 1. The van der Waals surface area contributed by atoms with Crippen molar-refractivity contribution in [3.8, 4) is 0 Å². The average Bonchev–Trinajstić information content (AvgIpc) is 2.82. The SMILES string of the molecule is CCOC(=O)c1[nH]c(=O)[nH]c1CSc1nnc(C)c(=O)[nH]1. The van der Waals surface area contributed by atoms with Gasteiger partial charge in [-0.2, -0.15) is 0 Å². The minimum absolute atomic E-state index is 0.0665. The fourth-order valence-electron chi connectivity index (χ4n) is 1.49. The van der Waals surface area contributed by atoms with Crippen LogP contribution < -0.4 is 11.2 Å². The second-order valence-corrected chi connectivity index (χ2v) is 4.95. The molecule has 0 radical (unpaired) electrons. The maximum atomic E-state index is 11.7. The average molecular weight is 311 g/mol. The molecular weight excluding hydrogens is 298 g/mol. The number of imidazole rings is 1. The smallest absolute Gasteiger partial charge is 0.356 e. The highest BCUT2D eigenvalue weighted by molar-refractivity contribution is 7.98. The third kappa shape index (κ3) is 3.60. The molecule has 10 heteroatoms. The highest BCUT2D eigenvalue weighted by Crippen LogP contribution is 2.17. The van der Waals surface area contributed by atoms with Crippen molar-refractivity contribution < 1.29 is 9.53 Å². The van der Waals surface area contributed by atoms with Gasteiger partial charge in [-0.15, -0.1) is 10.2 Å². The number of aromatic nitrogens is 5. The van der Waals surface area contributed by atoms with Crippen LogP contribution in [0.2, 0.25) is 0 Å². The lowest BCUT2D eigenvalue weighted by atomic mass is 10.3. The van der Waals surface area contributed by atoms with Crippen LogP contribution in [0.4, 0.5) is 0 Å². The maximum Gasteiger partial charge on any atom is 0.356 e. The molecule has 0 fully saturated rings. The highest BCUT2D eigenvalue weighted by atomic mass is 32.2. The monoisotopic (exact) mass is 311 g/mol. The molecule has 0 aliphatic heterocycles. The summed E-state index contributed by atoms with van der Waals surface area (Å²) in [6, 6.07) is 0. The van der Waals surface area contributed by atoms with E-state index in [0.29, 0.717) is 10.9 Å². The summed E-state index contributed by atoms with van der Waals surface area (Å²) in [5.41, 5.74) is -0.136. The number of aromatic amines is 3. The largest absolute Gasteiger partial charge is 0.461 e. The maximum absolute atomic E-state index is 11.7. The van der Waals surface area contributed by atoms with Gasteiger partial charge in [0.1, 0.15) is 11.4 Å². The van der Waals surface area contributed by atoms with E-state index >= 15 is 0 Å².